The molecule has 0 saturated heterocycles. The predicted molar refractivity (Wildman–Crippen MR) is 93.5 cm³/mol. The SMILES string of the molecule is CCc1cccc(C)c1NC(=O)Cc1ccc2c(c1)NC(=O)CO2. The van der Waals surface area contributed by atoms with Crippen molar-refractivity contribution in [2.45, 2.75) is 26.7 Å². The van der Waals surface area contributed by atoms with E-state index in [0.717, 1.165) is 28.8 Å². The van der Waals surface area contributed by atoms with Crippen molar-refractivity contribution in [1.29, 1.82) is 0 Å². The maximum Gasteiger partial charge on any atom is 0.262 e. The highest BCUT2D eigenvalue weighted by Gasteiger charge is 2.17. The van der Waals surface area contributed by atoms with E-state index in [0.29, 0.717) is 11.4 Å². The molecule has 2 aromatic carbocycles. The zero-order chi connectivity index (χ0) is 17.1. The predicted octanol–water partition coefficient (Wildman–Crippen LogP) is 3.07. The number of hydrogen-bond donors (Lipinski definition) is 2. The molecule has 2 amide bonds. The van der Waals surface area contributed by atoms with Gasteiger partial charge in [-0.1, -0.05) is 31.2 Å². The lowest BCUT2D eigenvalue weighted by Crippen LogP contribution is -2.25. The average molecular weight is 324 g/mol. The lowest BCUT2D eigenvalue weighted by Gasteiger charge is -2.18. The van der Waals surface area contributed by atoms with Crippen LogP contribution in [-0.2, 0) is 22.4 Å². The summed E-state index contributed by atoms with van der Waals surface area (Å²) in [4.78, 5) is 23.8. The Bertz CT molecular complexity index is 799. The van der Waals surface area contributed by atoms with Crippen molar-refractivity contribution in [2.24, 2.45) is 0 Å². The van der Waals surface area contributed by atoms with Crippen LogP contribution in [0.15, 0.2) is 36.4 Å². The van der Waals surface area contributed by atoms with E-state index in [4.69, 9.17) is 4.74 Å². The number of nitrogens with one attached hydrogen (secondary N) is 2. The van der Waals surface area contributed by atoms with Gasteiger partial charge in [0.1, 0.15) is 5.75 Å². The Morgan fingerprint density at radius 2 is 2.12 bits per heavy atom. The summed E-state index contributed by atoms with van der Waals surface area (Å²) in [5.74, 6) is 0.365. The third-order valence-electron chi connectivity index (χ3n) is 4.05. The van der Waals surface area contributed by atoms with Gasteiger partial charge in [-0.05, 0) is 42.2 Å². The van der Waals surface area contributed by atoms with Crippen LogP contribution in [0.1, 0.15) is 23.6 Å². The van der Waals surface area contributed by atoms with Gasteiger partial charge in [0.25, 0.3) is 5.91 Å². The van der Waals surface area contributed by atoms with Gasteiger partial charge in [0.15, 0.2) is 6.61 Å². The Balaban J connectivity index is 1.74. The number of anilines is 2. The summed E-state index contributed by atoms with van der Waals surface area (Å²) >= 11 is 0. The molecule has 0 radical (unpaired) electrons. The summed E-state index contributed by atoms with van der Waals surface area (Å²) in [6.45, 7) is 4.08. The molecule has 2 aromatic rings. The van der Waals surface area contributed by atoms with E-state index < -0.39 is 0 Å². The quantitative estimate of drug-likeness (QED) is 0.908. The number of fused-ring (bicyclic) bond motifs is 1. The van der Waals surface area contributed by atoms with Gasteiger partial charge in [0.2, 0.25) is 5.91 Å². The minimum Gasteiger partial charge on any atom is -0.482 e. The minimum atomic E-state index is -0.184. The number of ether oxygens (including phenoxy) is 1. The van der Waals surface area contributed by atoms with Gasteiger partial charge < -0.3 is 15.4 Å². The van der Waals surface area contributed by atoms with Gasteiger partial charge in [-0.2, -0.15) is 0 Å². The molecule has 24 heavy (non-hydrogen) atoms. The van der Waals surface area contributed by atoms with Gasteiger partial charge in [0, 0.05) is 5.69 Å². The van der Waals surface area contributed by atoms with Crippen molar-refractivity contribution in [3.05, 3.63) is 53.1 Å². The van der Waals surface area contributed by atoms with E-state index in [2.05, 4.69) is 17.6 Å². The molecule has 0 fully saturated rings. The van der Waals surface area contributed by atoms with E-state index in [-0.39, 0.29) is 24.8 Å². The zero-order valence-electron chi connectivity index (χ0n) is 13.8. The van der Waals surface area contributed by atoms with Crippen molar-refractivity contribution >= 4 is 23.2 Å². The molecule has 1 heterocycles. The molecule has 5 nitrogen and oxygen atoms in total. The Morgan fingerprint density at radius 3 is 2.92 bits per heavy atom. The molecule has 0 atom stereocenters. The second-order valence-corrected chi connectivity index (χ2v) is 5.85. The number of carbonyl (C=O) groups is 2. The number of amides is 2. The molecule has 1 aliphatic rings. The summed E-state index contributed by atoms with van der Waals surface area (Å²) in [5, 5.41) is 5.76. The van der Waals surface area contributed by atoms with Gasteiger partial charge in [0.05, 0.1) is 12.1 Å². The van der Waals surface area contributed by atoms with Crippen LogP contribution in [0, 0.1) is 6.92 Å². The highest BCUT2D eigenvalue weighted by atomic mass is 16.5. The first kappa shape index (κ1) is 16.1. The first-order valence-electron chi connectivity index (χ1n) is 8.00. The maximum absolute atomic E-state index is 12.4. The van der Waals surface area contributed by atoms with Gasteiger partial charge in [-0.3, -0.25) is 9.59 Å². The van der Waals surface area contributed by atoms with Gasteiger partial charge in [-0.25, -0.2) is 0 Å². The van der Waals surface area contributed by atoms with Crippen LogP contribution in [0.4, 0.5) is 11.4 Å². The molecule has 3 rings (SSSR count). The fourth-order valence-electron chi connectivity index (χ4n) is 2.81. The fourth-order valence-corrected chi connectivity index (χ4v) is 2.81. The highest BCUT2D eigenvalue weighted by Crippen LogP contribution is 2.29. The number of carbonyl (C=O) groups excluding carboxylic acids is 2. The molecule has 0 saturated carbocycles. The van der Waals surface area contributed by atoms with Crippen LogP contribution in [0.2, 0.25) is 0 Å². The maximum atomic E-state index is 12.4. The number of rotatable bonds is 4. The van der Waals surface area contributed by atoms with Crippen LogP contribution in [-0.4, -0.2) is 18.4 Å². The number of benzene rings is 2. The molecule has 1 aliphatic heterocycles. The highest BCUT2D eigenvalue weighted by molar-refractivity contribution is 5.96. The lowest BCUT2D eigenvalue weighted by molar-refractivity contribution is -0.118. The second kappa shape index (κ2) is 6.74. The van der Waals surface area contributed by atoms with Crippen molar-refractivity contribution in [2.75, 3.05) is 17.2 Å². The zero-order valence-corrected chi connectivity index (χ0v) is 13.8. The van der Waals surface area contributed by atoms with Crippen molar-refractivity contribution in [3.8, 4) is 5.75 Å². The summed E-state index contributed by atoms with van der Waals surface area (Å²) in [7, 11) is 0. The summed E-state index contributed by atoms with van der Waals surface area (Å²) in [6.07, 6.45) is 1.10. The number of para-hydroxylation sites is 1. The third kappa shape index (κ3) is 3.40. The van der Waals surface area contributed by atoms with E-state index in [1.54, 1.807) is 12.1 Å². The molecule has 2 N–H and O–H groups in total. The molecule has 0 aromatic heterocycles. The van der Waals surface area contributed by atoms with Crippen LogP contribution >= 0.6 is 0 Å². The molecular formula is C19H20N2O3. The fraction of sp³-hybridized carbons (Fsp3) is 0.263. The summed E-state index contributed by atoms with van der Waals surface area (Å²) < 4.78 is 5.32. The molecule has 124 valence electrons. The molecule has 0 unspecified atom stereocenters. The van der Waals surface area contributed by atoms with E-state index in [1.807, 2.05) is 31.2 Å². The first-order valence-corrected chi connectivity index (χ1v) is 8.00. The van der Waals surface area contributed by atoms with Gasteiger partial charge >= 0.3 is 0 Å². The van der Waals surface area contributed by atoms with Crippen LogP contribution in [0.3, 0.4) is 0 Å². The lowest BCUT2D eigenvalue weighted by atomic mass is 10.0. The standard InChI is InChI=1S/C19H20N2O3/c1-3-14-6-4-5-12(2)19(14)21-17(22)10-13-7-8-16-15(9-13)20-18(23)11-24-16/h4-9H,3,10-11H2,1-2H3,(H,20,23)(H,21,22). The van der Waals surface area contributed by atoms with Crippen molar-refractivity contribution < 1.29 is 14.3 Å². The smallest absolute Gasteiger partial charge is 0.262 e. The minimum absolute atomic E-state index is 0.0277. The summed E-state index contributed by atoms with van der Waals surface area (Å²) in [5.41, 5.74) is 4.49. The summed E-state index contributed by atoms with van der Waals surface area (Å²) in [6, 6.07) is 11.4. The van der Waals surface area contributed by atoms with Crippen LogP contribution in [0.25, 0.3) is 0 Å². The largest absolute Gasteiger partial charge is 0.482 e. The second-order valence-electron chi connectivity index (χ2n) is 5.85. The topological polar surface area (TPSA) is 67.4 Å². The van der Waals surface area contributed by atoms with Crippen LogP contribution in [0.5, 0.6) is 5.75 Å². The van der Waals surface area contributed by atoms with Crippen molar-refractivity contribution in [1.82, 2.24) is 0 Å². The first-order chi connectivity index (χ1) is 11.6. The number of hydrogen-bond acceptors (Lipinski definition) is 3. The monoisotopic (exact) mass is 324 g/mol. The van der Waals surface area contributed by atoms with Gasteiger partial charge in [-0.15, -0.1) is 0 Å². The average Bonchev–Trinajstić information content (AvgIpc) is 2.56. The molecule has 5 heteroatoms. The third-order valence-corrected chi connectivity index (χ3v) is 4.05. The van der Waals surface area contributed by atoms with E-state index in [1.165, 1.54) is 0 Å². The Morgan fingerprint density at radius 1 is 1.29 bits per heavy atom. The molecule has 0 bridgehead atoms. The normalized spacial score (nSPS) is 12.8. The van der Waals surface area contributed by atoms with Crippen LogP contribution < -0.4 is 15.4 Å². The molecule has 0 aliphatic carbocycles. The Kier molecular flexibility index (Phi) is 4.51. The van der Waals surface area contributed by atoms with E-state index in [9.17, 15) is 9.59 Å². The number of aryl methyl sites for hydroxylation is 2. The van der Waals surface area contributed by atoms with E-state index >= 15 is 0 Å². The van der Waals surface area contributed by atoms with Crippen molar-refractivity contribution in [3.63, 3.8) is 0 Å². The Hall–Kier alpha value is -2.82. The Labute approximate surface area is 141 Å². The molecular weight excluding hydrogens is 304 g/mol. The molecule has 0 spiro atoms.